The first-order valence-corrected chi connectivity index (χ1v) is 7.31. The zero-order valence-electron chi connectivity index (χ0n) is 9.41. The zero-order chi connectivity index (χ0) is 13.1. The summed E-state index contributed by atoms with van der Waals surface area (Å²) in [5, 5.41) is 10.2. The van der Waals surface area contributed by atoms with Crippen LogP contribution in [0.15, 0.2) is 46.9 Å². The number of halogens is 3. The highest BCUT2D eigenvalue weighted by molar-refractivity contribution is 14.1. The minimum Gasteiger partial charge on any atom is -0.388 e. The van der Waals surface area contributed by atoms with Crippen LogP contribution < -0.4 is 0 Å². The Morgan fingerprint density at radius 3 is 2.61 bits per heavy atom. The Kier molecular flexibility index (Phi) is 4.75. The largest absolute Gasteiger partial charge is 0.388 e. The third-order valence-corrected chi connectivity index (χ3v) is 4.41. The van der Waals surface area contributed by atoms with Gasteiger partial charge in [-0.1, -0.05) is 40.2 Å². The van der Waals surface area contributed by atoms with Crippen molar-refractivity contribution in [3.63, 3.8) is 0 Å². The van der Waals surface area contributed by atoms with Crippen molar-refractivity contribution in [3.8, 4) is 0 Å². The van der Waals surface area contributed by atoms with E-state index in [9.17, 15) is 9.50 Å². The fourth-order valence-electron chi connectivity index (χ4n) is 1.75. The molecule has 0 saturated carbocycles. The van der Waals surface area contributed by atoms with Crippen LogP contribution in [0.4, 0.5) is 4.39 Å². The lowest BCUT2D eigenvalue weighted by atomic mass is 10.0. The van der Waals surface area contributed by atoms with Gasteiger partial charge in [0.1, 0.15) is 5.82 Å². The highest BCUT2D eigenvalue weighted by atomic mass is 127. The second-order valence-corrected chi connectivity index (χ2v) is 5.99. The van der Waals surface area contributed by atoms with Gasteiger partial charge in [-0.25, -0.2) is 4.39 Å². The lowest BCUT2D eigenvalue weighted by Crippen LogP contribution is -2.04. The molecule has 2 aromatic rings. The molecule has 0 aliphatic carbocycles. The standard InChI is InChI=1S/C14H11BrFIO/c15-12-8-10(16)6-5-9(12)7-14(18)11-3-1-2-4-13(11)17/h1-6,8,14,18H,7H2. The molecule has 0 heterocycles. The van der Waals surface area contributed by atoms with Gasteiger partial charge >= 0.3 is 0 Å². The molecule has 0 aliphatic heterocycles. The molecule has 0 bridgehead atoms. The third-order valence-electron chi connectivity index (χ3n) is 2.69. The Morgan fingerprint density at radius 1 is 1.22 bits per heavy atom. The van der Waals surface area contributed by atoms with Crippen LogP contribution in [-0.2, 0) is 6.42 Å². The minimum atomic E-state index is -0.583. The van der Waals surface area contributed by atoms with E-state index in [2.05, 4.69) is 38.5 Å². The molecule has 0 amide bonds. The van der Waals surface area contributed by atoms with Gasteiger partial charge in [0, 0.05) is 14.5 Å². The van der Waals surface area contributed by atoms with Gasteiger partial charge < -0.3 is 5.11 Å². The molecule has 1 nitrogen and oxygen atoms in total. The van der Waals surface area contributed by atoms with Gasteiger partial charge in [-0.3, -0.25) is 0 Å². The Balaban J connectivity index is 2.21. The normalized spacial score (nSPS) is 12.4. The maximum absolute atomic E-state index is 13.0. The van der Waals surface area contributed by atoms with Crippen LogP contribution in [0.1, 0.15) is 17.2 Å². The molecular weight excluding hydrogens is 410 g/mol. The summed E-state index contributed by atoms with van der Waals surface area (Å²) in [6, 6.07) is 12.2. The quantitative estimate of drug-likeness (QED) is 0.726. The molecule has 0 saturated heterocycles. The molecule has 1 N–H and O–H groups in total. The second kappa shape index (κ2) is 6.12. The molecule has 2 rings (SSSR count). The number of aliphatic hydroxyl groups excluding tert-OH is 1. The van der Waals surface area contributed by atoms with Crippen molar-refractivity contribution < 1.29 is 9.50 Å². The van der Waals surface area contributed by atoms with Crippen LogP contribution in [0.2, 0.25) is 0 Å². The highest BCUT2D eigenvalue weighted by Gasteiger charge is 2.13. The molecule has 2 aromatic carbocycles. The Morgan fingerprint density at radius 2 is 1.94 bits per heavy atom. The molecule has 94 valence electrons. The molecule has 0 spiro atoms. The van der Waals surface area contributed by atoms with E-state index in [1.54, 1.807) is 6.07 Å². The van der Waals surface area contributed by atoms with Crippen LogP contribution in [0.25, 0.3) is 0 Å². The van der Waals surface area contributed by atoms with Gasteiger partial charge in [0.25, 0.3) is 0 Å². The predicted octanol–water partition coefficient (Wildman–Crippen LogP) is 4.47. The molecule has 0 fully saturated rings. The van der Waals surface area contributed by atoms with E-state index in [0.29, 0.717) is 10.9 Å². The fraction of sp³-hybridized carbons (Fsp3) is 0.143. The highest BCUT2D eigenvalue weighted by Crippen LogP contribution is 2.27. The molecule has 1 atom stereocenters. The van der Waals surface area contributed by atoms with Crippen LogP contribution >= 0.6 is 38.5 Å². The van der Waals surface area contributed by atoms with E-state index in [1.165, 1.54) is 12.1 Å². The second-order valence-electron chi connectivity index (χ2n) is 3.98. The summed E-state index contributed by atoms with van der Waals surface area (Å²) in [7, 11) is 0. The summed E-state index contributed by atoms with van der Waals surface area (Å²) < 4.78 is 14.7. The lowest BCUT2D eigenvalue weighted by molar-refractivity contribution is 0.177. The van der Waals surface area contributed by atoms with Crippen molar-refractivity contribution in [1.82, 2.24) is 0 Å². The monoisotopic (exact) mass is 420 g/mol. The van der Waals surface area contributed by atoms with Crippen LogP contribution in [0, 0.1) is 9.39 Å². The number of hydrogen-bond acceptors (Lipinski definition) is 1. The average molecular weight is 421 g/mol. The molecule has 0 aromatic heterocycles. The molecular formula is C14H11BrFIO. The zero-order valence-corrected chi connectivity index (χ0v) is 13.2. The van der Waals surface area contributed by atoms with Gasteiger partial charge in [0.2, 0.25) is 0 Å². The Bertz CT molecular complexity index is 559. The summed E-state index contributed by atoms with van der Waals surface area (Å²) in [4.78, 5) is 0. The number of benzene rings is 2. The average Bonchev–Trinajstić information content (AvgIpc) is 2.33. The van der Waals surface area contributed by atoms with E-state index >= 15 is 0 Å². The molecule has 4 heteroatoms. The summed E-state index contributed by atoms with van der Waals surface area (Å²) in [6.07, 6.45) is -0.124. The predicted molar refractivity (Wildman–Crippen MR) is 81.9 cm³/mol. The summed E-state index contributed by atoms with van der Waals surface area (Å²) in [5.41, 5.74) is 1.79. The van der Waals surface area contributed by atoms with Crippen LogP contribution in [-0.4, -0.2) is 5.11 Å². The maximum Gasteiger partial charge on any atom is 0.124 e. The first kappa shape index (κ1) is 14.0. The topological polar surface area (TPSA) is 20.2 Å². The van der Waals surface area contributed by atoms with Crippen molar-refractivity contribution in [2.75, 3.05) is 0 Å². The van der Waals surface area contributed by atoms with Gasteiger partial charge in [-0.05, 0) is 51.9 Å². The molecule has 0 radical (unpaired) electrons. The first-order valence-electron chi connectivity index (χ1n) is 5.44. The first-order chi connectivity index (χ1) is 8.58. The van der Waals surface area contributed by atoms with Crippen molar-refractivity contribution >= 4 is 38.5 Å². The van der Waals surface area contributed by atoms with E-state index in [-0.39, 0.29) is 5.82 Å². The van der Waals surface area contributed by atoms with Gasteiger partial charge in [-0.2, -0.15) is 0 Å². The van der Waals surface area contributed by atoms with Gasteiger partial charge in [0.05, 0.1) is 6.10 Å². The summed E-state index contributed by atoms with van der Waals surface area (Å²) in [6.45, 7) is 0. The van der Waals surface area contributed by atoms with Gasteiger partial charge in [-0.15, -0.1) is 0 Å². The molecule has 1 unspecified atom stereocenters. The summed E-state index contributed by atoms with van der Waals surface area (Å²) in [5.74, 6) is -0.283. The Labute approximate surface area is 127 Å². The van der Waals surface area contributed by atoms with Crippen molar-refractivity contribution in [1.29, 1.82) is 0 Å². The third kappa shape index (κ3) is 3.30. The maximum atomic E-state index is 13.0. The van der Waals surface area contributed by atoms with Crippen LogP contribution in [0.3, 0.4) is 0 Å². The van der Waals surface area contributed by atoms with E-state index < -0.39 is 6.10 Å². The fourth-order valence-corrected chi connectivity index (χ4v) is 3.01. The van der Waals surface area contributed by atoms with Crippen molar-refractivity contribution in [2.24, 2.45) is 0 Å². The lowest BCUT2D eigenvalue weighted by Gasteiger charge is -2.14. The van der Waals surface area contributed by atoms with E-state index in [4.69, 9.17) is 0 Å². The molecule has 18 heavy (non-hydrogen) atoms. The van der Waals surface area contributed by atoms with E-state index in [0.717, 1.165) is 14.7 Å². The van der Waals surface area contributed by atoms with Crippen LogP contribution in [0.5, 0.6) is 0 Å². The smallest absolute Gasteiger partial charge is 0.124 e. The van der Waals surface area contributed by atoms with Crippen molar-refractivity contribution in [2.45, 2.75) is 12.5 Å². The van der Waals surface area contributed by atoms with Crippen molar-refractivity contribution in [3.05, 3.63) is 67.5 Å². The SMILES string of the molecule is OC(Cc1ccc(F)cc1Br)c1ccccc1I. The number of rotatable bonds is 3. The van der Waals surface area contributed by atoms with E-state index in [1.807, 2.05) is 24.3 Å². The summed E-state index contributed by atoms with van der Waals surface area (Å²) >= 11 is 5.51. The van der Waals surface area contributed by atoms with Gasteiger partial charge in [0.15, 0.2) is 0 Å². The number of aliphatic hydroxyl groups is 1. The minimum absolute atomic E-state index is 0.283. The number of hydrogen-bond donors (Lipinski definition) is 1. The Hall–Kier alpha value is -0.460. The molecule has 0 aliphatic rings.